The number of amides is 1. The molecule has 150 valence electrons. The Kier molecular flexibility index (Phi) is 4.70. The van der Waals surface area contributed by atoms with Crippen molar-refractivity contribution in [3.05, 3.63) is 53.4 Å². The summed E-state index contributed by atoms with van der Waals surface area (Å²) in [5.74, 6) is 1.73. The Morgan fingerprint density at radius 2 is 2.10 bits per heavy atom. The second-order valence-corrected chi connectivity index (χ2v) is 9.04. The Morgan fingerprint density at radius 3 is 2.97 bits per heavy atom. The number of hydrogen-bond acceptors (Lipinski definition) is 5. The molecule has 2 fully saturated rings. The van der Waals surface area contributed by atoms with Gasteiger partial charge in [0.1, 0.15) is 22.8 Å². The van der Waals surface area contributed by atoms with Gasteiger partial charge in [-0.25, -0.2) is 14.4 Å². The van der Waals surface area contributed by atoms with E-state index in [1.165, 1.54) is 12.1 Å². The molecule has 1 saturated carbocycles. The summed E-state index contributed by atoms with van der Waals surface area (Å²) in [5, 5.41) is 3.19. The number of halogens is 1. The lowest BCUT2D eigenvalue weighted by atomic mass is 9.88. The van der Waals surface area contributed by atoms with Crippen LogP contribution in [0, 0.1) is 17.7 Å². The third-order valence-corrected chi connectivity index (χ3v) is 7.34. The van der Waals surface area contributed by atoms with E-state index in [9.17, 15) is 9.18 Å². The maximum absolute atomic E-state index is 13.5. The van der Waals surface area contributed by atoms with E-state index in [1.807, 2.05) is 11.9 Å². The molecular formula is C22H23FN4OS. The Labute approximate surface area is 173 Å². The van der Waals surface area contributed by atoms with Gasteiger partial charge in [-0.3, -0.25) is 4.79 Å². The quantitative estimate of drug-likeness (QED) is 0.649. The number of carbonyl (C=O) groups is 1. The van der Waals surface area contributed by atoms with Crippen LogP contribution in [-0.4, -0.2) is 47.0 Å². The van der Waals surface area contributed by atoms with E-state index >= 15 is 0 Å². The predicted molar refractivity (Wildman–Crippen MR) is 113 cm³/mol. The SMILES string of the molecule is CN(C(=O)c1cccc(F)c1)[C@H]1C[C@H]2CCN(c3ncnc4sccc34)C[C@H]2C1. The highest BCUT2D eigenvalue weighted by Gasteiger charge is 2.41. The number of hydrogen-bond donors (Lipinski definition) is 0. The molecule has 2 aromatic heterocycles. The van der Waals surface area contributed by atoms with E-state index < -0.39 is 0 Å². The first-order chi connectivity index (χ1) is 14.1. The lowest BCUT2D eigenvalue weighted by Crippen LogP contribution is -2.39. The van der Waals surface area contributed by atoms with Gasteiger partial charge in [0.05, 0.1) is 5.39 Å². The summed E-state index contributed by atoms with van der Waals surface area (Å²) in [5.41, 5.74) is 0.421. The molecule has 1 aliphatic heterocycles. The summed E-state index contributed by atoms with van der Waals surface area (Å²) >= 11 is 1.64. The smallest absolute Gasteiger partial charge is 0.253 e. The monoisotopic (exact) mass is 410 g/mol. The second kappa shape index (κ2) is 7.37. The number of anilines is 1. The van der Waals surface area contributed by atoms with Crippen LogP contribution in [0.25, 0.3) is 10.2 Å². The van der Waals surface area contributed by atoms with Crippen molar-refractivity contribution in [1.29, 1.82) is 0 Å². The highest BCUT2D eigenvalue weighted by molar-refractivity contribution is 7.16. The molecule has 3 heterocycles. The Balaban J connectivity index is 1.30. The van der Waals surface area contributed by atoms with Gasteiger partial charge in [0, 0.05) is 31.7 Å². The van der Waals surface area contributed by atoms with E-state index in [0.717, 1.165) is 48.4 Å². The fourth-order valence-corrected chi connectivity index (χ4v) is 5.71. The Hall–Kier alpha value is -2.54. The van der Waals surface area contributed by atoms with Gasteiger partial charge in [-0.2, -0.15) is 0 Å². The van der Waals surface area contributed by atoms with Crippen molar-refractivity contribution in [2.75, 3.05) is 25.0 Å². The van der Waals surface area contributed by atoms with Crippen LogP contribution >= 0.6 is 11.3 Å². The maximum Gasteiger partial charge on any atom is 0.253 e. The van der Waals surface area contributed by atoms with Crippen LogP contribution in [0.1, 0.15) is 29.6 Å². The van der Waals surface area contributed by atoms with E-state index in [-0.39, 0.29) is 17.8 Å². The number of piperidine rings is 1. The average Bonchev–Trinajstić information content (AvgIpc) is 3.38. The first-order valence-electron chi connectivity index (χ1n) is 10.1. The van der Waals surface area contributed by atoms with E-state index in [0.29, 0.717) is 17.4 Å². The van der Waals surface area contributed by atoms with Crippen LogP contribution in [0.4, 0.5) is 10.2 Å². The normalized spacial score (nSPS) is 23.9. The first kappa shape index (κ1) is 18.5. The zero-order valence-electron chi connectivity index (χ0n) is 16.3. The maximum atomic E-state index is 13.5. The third kappa shape index (κ3) is 3.37. The molecule has 0 N–H and O–H groups in total. The summed E-state index contributed by atoms with van der Waals surface area (Å²) in [6.07, 6.45) is 4.77. The van der Waals surface area contributed by atoms with Crippen molar-refractivity contribution in [1.82, 2.24) is 14.9 Å². The van der Waals surface area contributed by atoms with Crippen LogP contribution in [0.5, 0.6) is 0 Å². The zero-order chi connectivity index (χ0) is 20.0. The predicted octanol–water partition coefficient (Wildman–Crippen LogP) is 4.21. The van der Waals surface area contributed by atoms with Crippen molar-refractivity contribution in [3.63, 3.8) is 0 Å². The van der Waals surface area contributed by atoms with E-state index in [4.69, 9.17) is 0 Å². The molecule has 0 spiro atoms. The molecule has 5 nitrogen and oxygen atoms in total. The highest BCUT2D eigenvalue weighted by Crippen LogP contribution is 2.42. The fourth-order valence-electron chi connectivity index (χ4n) is 4.98. The number of rotatable bonds is 3. The highest BCUT2D eigenvalue weighted by atomic mass is 32.1. The standard InChI is InChI=1S/C22H23FN4OS/c1-26(22(28)15-3-2-4-17(23)9-15)18-10-14-5-7-27(12-16(14)11-18)20-19-6-8-29-21(19)25-13-24-20/h2-4,6,8-9,13-14,16,18H,5,7,10-12H2,1H3/t14-,16-,18+/m1/s1. The minimum Gasteiger partial charge on any atom is -0.356 e. The van der Waals surface area contributed by atoms with Gasteiger partial charge >= 0.3 is 0 Å². The number of carbonyl (C=O) groups excluding carboxylic acids is 1. The van der Waals surface area contributed by atoms with Crippen LogP contribution < -0.4 is 4.90 Å². The molecule has 0 bridgehead atoms. The van der Waals surface area contributed by atoms with Crippen molar-refractivity contribution < 1.29 is 9.18 Å². The van der Waals surface area contributed by atoms with Gasteiger partial charge in [-0.1, -0.05) is 6.07 Å². The van der Waals surface area contributed by atoms with Gasteiger partial charge in [-0.05, 0) is 60.7 Å². The molecule has 1 saturated heterocycles. The van der Waals surface area contributed by atoms with Gasteiger partial charge in [0.15, 0.2) is 0 Å². The molecule has 1 aliphatic carbocycles. The van der Waals surface area contributed by atoms with Gasteiger partial charge in [0.2, 0.25) is 0 Å². The zero-order valence-corrected chi connectivity index (χ0v) is 17.1. The topological polar surface area (TPSA) is 49.3 Å². The van der Waals surface area contributed by atoms with Crippen LogP contribution in [0.15, 0.2) is 42.0 Å². The van der Waals surface area contributed by atoms with Crippen LogP contribution in [-0.2, 0) is 0 Å². The summed E-state index contributed by atoms with van der Waals surface area (Å²) in [4.78, 5) is 27.0. The average molecular weight is 411 g/mol. The molecule has 1 amide bonds. The van der Waals surface area contributed by atoms with E-state index in [1.54, 1.807) is 29.8 Å². The molecule has 3 atom stereocenters. The number of thiophene rings is 1. The molecule has 7 heteroatoms. The first-order valence-corrected chi connectivity index (χ1v) is 10.9. The fraction of sp³-hybridized carbons (Fsp3) is 0.409. The molecule has 5 rings (SSSR count). The van der Waals surface area contributed by atoms with Gasteiger partial charge in [0.25, 0.3) is 5.91 Å². The minimum atomic E-state index is -0.371. The lowest BCUT2D eigenvalue weighted by molar-refractivity contribution is 0.0730. The number of fused-ring (bicyclic) bond motifs is 2. The van der Waals surface area contributed by atoms with E-state index in [2.05, 4.69) is 26.3 Å². The molecule has 1 aromatic carbocycles. The molecule has 3 aromatic rings. The van der Waals surface area contributed by atoms with Gasteiger partial charge in [-0.15, -0.1) is 11.3 Å². The third-order valence-electron chi connectivity index (χ3n) is 6.52. The summed E-state index contributed by atoms with van der Waals surface area (Å²) in [7, 11) is 1.85. The lowest BCUT2D eigenvalue weighted by Gasteiger charge is -2.35. The Bertz CT molecular complexity index is 1050. The molecular weight excluding hydrogens is 387 g/mol. The summed E-state index contributed by atoms with van der Waals surface area (Å²) in [6, 6.07) is 8.27. The summed E-state index contributed by atoms with van der Waals surface area (Å²) < 4.78 is 13.5. The molecule has 2 aliphatic rings. The molecule has 0 unspecified atom stereocenters. The van der Waals surface area contributed by atoms with Crippen molar-refractivity contribution in [2.24, 2.45) is 11.8 Å². The minimum absolute atomic E-state index is 0.0965. The molecule has 29 heavy (non-hydrogen) atoms. The summed E-state index contributed by atoms with van der Waals surface area (Å²) in [6.45, 7) is 1.95. The number of aromatic nitrogens is 2. The number of nitrogens with zero attached hydrogens (tertiary/aromatic N) is 4. The van der Waals surface area contributed by atoms with Gasteiger partial charge < -0.3 is 9.80 Å². The van der Waals surface area contributed by atoms with Crippen molar-refractivity contribution >= 4 is 33.3 Å². The Morgan fingerprint density at radius 1 is 1.24 bits per heavy atom. The number of benzene rings is 1. The van der Waals surface area contributed by atoms with Crippen LogP contribution in [0.3, 0.4) is 0 Å². The van der Waals surface area contributed by atoms with Crippen LogP contribution in [0.2, 0.25) is 0 Å². The second-order valence-electron chi connectivity index (χ2n) is 8.14. The van der Waals surface area contributed by atoms with Crippen molar-refractivity contribution in [2.45, 2.75) is 25.3 Å². The largest absolute Gasteiger partial charge is 0.356 e. The molecule has 0 radical (unpaired) electrons. The van der Waals surface area contributed by atoms with Crippen molar-refractivity contribution in [3.8, 4) is 0 Å².